The van der Waals surface area contributed by atoms with Gasteiger partial charge >= 0.3 is 11.4 Å². The topological polar surface area (TPSA) is 136 Å². The lowest BCUT2D eigenvalue weighted by molar-refractivity contribution is -0.386. The Hall–Kier alpha value is -3.43. The molecule has 10 nitrogen and oxygen atoms in total. The van der Waals surface area contributed by atoms with Crippen LogP contribution in [0.25, 0.3) is 11.1 Å². The Morgan fingerprint density at radius 3 is 2.88 bits per heavy atom. The average Bonchev–Trinajstić information content (AvgIpc) is 2.97. The van der Waals surface area contributed by atoms with Gasteiger partial charge in [-0.3, -0.25) is 24.6 Å². The molecule has 0 radical (unpaired) electrons. The maximum atomic E-state index is 12.1. The molecule has 0 unspecified atom stereocenters. The number of aryl methyl sites for hydroxylation is 1. The van der Waals surface area contributed by atoms with Crippen LogP contribution in [0.4, 0.5) is 11.4 Å². The number of H-pyrrole nitrogens is 1. The van der Waals surface area contributed by atoms with E-state index in [0.717, 1.165) is 0 Å². The average molecular weight is 331 g/mol. The summed E-state index contributed by atoms with van der Waals surface area (Å²) < 4.78 is 6.15. The summed E-state index contributed by atoms with van der Waals surface area (Å²) in [7, 11) is 0. The van der Waals surface area contributed by atoms with Gasteiger partial charge in [-0.15, -0.1) is 0 Å². The zero-order valence-corrected chi connectivity index (χ0v) is 12.8. The van der Waals surface area contributed by atoms with Gasteiger partial charge in [-0.05, 0) is 32.0 Å². The number of rotatable bonds is 4. The normalized spacial score (nSPS) is 10.9. The number of nitrogens with zero attached hydrogens (tertiary/aromatic N) is 3. The summed E-state index contributed by atoms with van der Waals surface area (Å²) in [5, 5.41) is 17.6. The molecule has 3 aromatic rings. The minimum Gasteiger partial charge on any atom is -0.408 e. The van der Waals surface area contributed by atoms with E-state index in [1.807, 2.05) is 0 Å². The van der Waals surface area contributed by atoms with E-state index in [1.54, 1.807) is 18.2 Å². The van der Waals surface area contributed by atoms with Crippen LogP contribution in [0.2, 0.25) is 0 Å². The molecule has 24 heavy (non-hydrogen) atoms. The van der Waals surface area contributed by atoms with E-state index in [-0.39, 0.29) is 17.9 Å². The first-order valence-electron chi connectivity index (χ1n) is 6.96. The fourth-order valence-corrected chi connectivity index (χ4v) is 2.47. The smallest absolute Gasteiger partial charge is 0.408 e. The standard InChI is InChI=1S/C14H13N5O5/c1-7-13(19(22)23)8(2)18(17-7)6-12(20)15-9-3-4-11-10(5-9)16-14(21)24-11/h3-5H,6H2,1-2H3,(H,15,20)(H,16,21). The number of nitro groups is 1. The number of nitrogens with one attached hydrogen (secondary N) is 2. The molecular formula is C14H13N5O5. The third-order valence-corrected chi connectivity index (χ3v) is 3.52. The van der Waals surface area contributed by atoms with Crippen molar-refractivity contribution in [2.45, 2.75) is 20.4 Å². The summed E-state index contributed by atoms with van der Waals surface area (Å²) in [6.07, 6.45) is 0. The largest absolute Gasteiger partial charge is 0.417 e. The lowest BCUT2D eigenvalue weighted by Gasteiger charge is -2.06. The van der Waals surface area contributed by atoms with Crippen molar-refractivity contribution in [2.75, 3.05) is 5.32 Å². The molecule has 0 atom stereocenters. The summed E-state index contributed by atoms with van der Waals surface area (Å²) in [6, 6.07) is 4.69. The fraction of sp³-hybridized carbons (Fsp3) is 0.214. The van der Waals surface area contributed by atoms with Crippen LogP contribution in [-0.4, -0.2) is 25.6 Å². The molecule has 1 aromatic carbocycles. The highest BCUT2D eigenvalue weighted by molar-refractivity contribution is 5.92. The van der Waals surface area contributed by atoms with Gasteiger partial charge in [-0.25, -0.2) is 4.79 Å². The van der Waals surface area contributed by atoms with Crippen LogP contribution in [0.15, 0.2) is 27.4 Å². The van der Waals surface area contributed by atoms with Gasteiger partial charge in [0.25, 0.3) is 0 Å². The first kappa shape index (κ1) is 15.5. The predicted octanol–water partition coefficient (Wildman–Crippen LogP) is 1.48. The van der Waals surface area contributed by atoms with Crippen LogP contribution < -0.4 is 11.1 Å². The van der Waals surface area contributed by atoms with Gasteiger partial charge in [0.15, 0.2) is 5.58 Å². The summed E-state index contributed by atoms with van der Waals surface area (Å²) in [5.74, 6) is -0.982. The third-order valence-electron chi connectivity index (χ3n) is 3.52. The van der Waals surface area contributed by atoms with Crippen LogP contribution in [0, 0.1) is 24.0 Å². The SMILES string of the molecule is Cc1nn(CC(=O)Nc2ccc3oc(=O)[nH]c3c2)c(C)c1[N+](=O)[O-]. The van der Waals surface area contributed by atoms with Gasteiger partial charge in [0, 0.05) is 5.69 Å². The van der Waals surface area contributed by atoms with Crippen LogP contribution >= 0.6 is 0 Å². The highest BCUT2D eigenvalue weighted by atomic mass is 16.6. The highest BCUT2D eigenvalue weighted by Crippen LogP contribution is 2.22. The molecular weight excluding hydrogens is 318 g/mol. The molecule has 1 amide bonds. The van der Waals surface area contributed by atoms with E-state index < -0.39 is 16.6 Å². The van der Waals surface area contributed by atoms with Crippen molar-refractivity contribution in [1.82, 2.24) is 14.8 Å². The van der Waals surface area contributed by atoms with Gasteiger partial charge < -0.3 is 9.73 Å². The Morgan fingerprint density at radius 1 is 1.46 bits per heavy atom. The van der Waals surface area contributed by atoms with Gasteiger partial charge in [0.1, 0.15) is 17.9 Å². The van der Waals surface area contributed by atoms with Crippen molar-refractivity contribution in [3.63, 3.8) is 0 Å². The number of hydrogen-bond donors (Lipinski definition) is 2. The van der Waals surface area contributed by atoms with Crippen LogP contribution in [-0.2, 0) is 11.3 Å². The molecule has 0 fully saturated rings. The van der Waals surface area contributed by atoms with E-state index >= 15 is 0 Å². The number of amides is 1. The first-order chi connectivity index (χ1) is 11.3. The summed E-state index contributed by atoms with van der Waals surface area (Å²) in [6.45, 7) is 2.89. The number of hydrogen-bond acceptors (Lipinski definition) is 6. The van der Waals surface area contributed by atoms with Crippen LogP contribution in [0.5, 0.6) is 0 Å². The van der Waals surface area contributed by atoms with Gasteiger partial charge in [0.05, 0.1) is 10.4 Å². The molecule has 3 rings (SSSR count). The van der Waals surface area contributed by atoms with E-state index in [2.05, 4.69) is 15.4 Å². The summed E-state index contributed by atoms with van der Waals surface area (Å²) in [5.41, 5.74) is 1.76. The van der Waals surface area contributed by atoms with Gasteiger partial charge in [-0.1, -0.05) is 0 Å². The Labute approximate surface area is 134 Å². The zero-order chi connectivity index (χ0) is 17.4. The Morgan fingerprint density at radius 2 is 2.21 bits per heavy atom. The number of anilines is 1. The number of fused-ring (bicyclic) bond motifs is 1. The summed E-state index contributed by atoms with van der Waals surface area (Å²) in [4.78, 5) is 36.2. The Balaban J connectivity index is 1.78. The lowest BCUT2D eigenvalue weighted by Crippen LogP contribution is -2.20. The van der Waals surface area contributed by atoms with E-state index in [4.69, 9.17) is 4.42 Å². The van der Waals surface area contributed by atoms with Crippen molar-refractivity contribution >= 4 is 28.4 Å². The molecule has 0 spiro atoms. The second kappa shape index (κ2) is 5.65. The fourth-order valence-electron chi connectivity index (χ4n) is 2.47. The third kappa shape index (κ3) is 2.76. The molecule has 0 saturated carbocycles. The number of carbonyl (C=O) groups is 1. The maximum Gasteiger partial charge on any atom is 0.417 e. The second-order valence-corrected chi connectivity index (χ2v) is 5.21. The summed E-state index contributed by atoms with van der Waals surface area (Å²) >= 11 is 0. The van der Waals surface area contributed by atoms with Crippen molar-refractivity contribution in [2.24, 2.45) is 0 Å². The van der Waals surface area contributed by atoms with Crippen molar-refractivity contribution in [3.05, 3.63) is 50.3 Å². The molecule has 0 aliphatic carbocycles. The number of carbonyl (C=O) groups excluding carboxylic acids is 1. The molecule has 0 saturated heterocycles. The van der Waals surface area contributed by atoms with Crippen molar-refractivity contribution in [3.8, 4) is 0 Å². The molecule has 2 N–H and O–H groups in total. The minimum absolute atomic E-state index is 0.0970. The molecule has 10 heteroatoms. The predicted molar refractivity (Wildman–Crippen MR) is 83.8 cm³/mol. The van der Waals surface area contributed by atoms with Gasteiger partial charge in [-0.2, -0.15) is 5.10 Å². The van der Waals surface area contributed by atoms with Gasteiger partial charge in [0.2, 0.25) is 5.91 Å². The van der Waals surface area contributed by atoms with E-state index in [1.165, 1.54) is 18.5 Å². The highest BCUT2D eigenvalue weighted by Gasteiger charge is 2.22. The van der Waals surface area contributed by atoms with Crippen molar-refractivity contribution < 1.29 is 14.1 Å². The lowest BCUT2D eigenvalue weighted by atomic mass is 10.3. The molecule has 0 aliphatic rings. The molecule has 0 bridgehead atoms. The number of oxazole rings is 1. The van der Waals surface area contributed by atoms with E-state index in [0.29, 0.717) is 22.5 Å². The molecule has 2 heterocycles. The Bertz CT molecular complexity index is 1010. The van der Waals surface area contributed by atoms with E-state index in [9.17, 15) is 19.7 Å². The first-order valence-corrected chi connectivity index (χ1v) is 6.96. The van der Waals surface area contributed by atoms with Crippen LogP contribution in [0.1, 0.15) is 11.4 Å². The maximum absolute atomic E-state index is 12.1. The number of aromatic nitrogens is 3. The Kier molecular flexibility index (Phi) is 3.64. The monoisotopic (exact) mass is 331 g/mol. The van der Waals surface area contributed by atoms with Crippen LogP contribution in [0.3, 0.4) is 0 Å². The minimum atomic E-state index is -0.580. The van der Waals surface area contributed by atoms with Crippen molar-refractivity contribution in [1.29, 1.82) is 0 Å². The molecule has 2 aromatic heterocycles. The zero-order valence-electron chi connectivity index (χ0n) is 12.8. The number of benzene rings is 1. The molecule has 124 valence electrons. The number of aromatic amines is 1. The quantitative estimate of drug-likeness (QED) is 0.549. The second-order valence-electron chi connectivity index (χ2n) is 5.21. The molecule has 0 aliphatic heterocycles.